The summed E-state index contributed by atoms with van der Waals surface area (Å²) in [6.45, 7) is 4.49. The van der Waals surface area contributed by atoms with Gasteiger partial charge in [0, 0.05) is 54.5 Å². The number of carbonyl (C=O) groups is 2. The number of hydrogen-bond acceptors (Lipinski definition) is 2. The molecule has 0 atom stereocenters. The molecule has 0 radical (unpaired) electrons. The van der Waals surface area contributed by atoms with Crippen LogP contribution in [0.5, 0.6) is 0 Å². The molecule has 4 rings (SSSR count). The van der Waals surface area contributed by atoms with Gasteiger partial charge < -0.3 is 15.1 Å². The first kappa shape index (κ1) is 20.9. The first-order valence-corrected chi connectivity index (χ1v) is 11.2. The van der Waals surface area contributed by atoms with Crippen LogP contribution in [-0.2, 0) is 17.9 Å². The number of likely N-dealkylation sites (tertiary alicyclic amines) is 2. The summed E-state index contributed by atoms with van der Waals surface area (Å²) < 4.78 is 0. The largest absolute Gasteiger partial charge is 0.349 e. The predicted molar refractivity (Wildman–Crippen MR) is 117 cm³/mol. The zero-order chi connectivity index (χ0) is 20.9. The molecule has 2 aliphatic rings. The average Bonchev–Trinajstić information content (AvgIpc) is 3.16. The van der Waals surface area contributed by atoms with Crippen LogP contribution in [0.1, 0.15) is 47.2 Å². The van der Waals surface area contributed by atoms with Crippen molar-refractivity contribution in [3.05, 3.63) is 70.2 Å². The lowest BCUT2D eigenvalue weighted by Crippen LogP contribution is -3.12. The zero-order valence-corrected chi connectivity index (χ0v) is 18.0. The number of benzene rings is 2. The normalized spacial score (nSPS) is 21.6. The van der Waals surface area contributed by atoms with Crippen LogP contribution in [0.2, 0.25) is 5.02 Å². The Hall–Kier alpha value is -2.37. The summed E-state index contributed by atoms with van der Waals surface area (Å²) in [5.41, 5.74) is 2.99. The van der Waals surface area contributed by atoms with Gasteiger partial charge in [-0.25, -0.2) is 0 Å². The van der Waals surface area contributed by atoms with Crippen LogP contribution >= 0.6 is 11.6 Å². The number of nitrogens with one attached hydrogen (secondary N) is 2. The molecule has 2 saturated heterocycles. The fourth-order valence-corrected chi connectivity index (χ4v) is 4.54. The lowest BCUT2D eigenvalue weighted by Gasteiger charge is -2.30. The Morgan fingerprint density at radius 1 is 1.10 bits per heavy atom. The van der Waals surface area contributed by atoms with Crippen LogP contribution in [0.15, 0.2) is 48.5 Å². The molecule has 158 valence electrons. The van der Waals surface area contributed by atoms with Gasteiger partial charge >= 0.3 is 0 Å². The third kappa shape index (κ3) is 5.41. The van der Waals surface area contributed by atoms with Gasteiger partial charge in [0.15, 0.2) is 0 Å². The maximum Gasteiger partial charge on any atom is 0.251 e. The second-order valence-electron chi connectivity index (χ2n) is 8.42. The van der Waals surface area contributed by atoms with Gasteiger partial charge in [0.1, 0.15) is 6.54 Å². The first-order valence-electron chi connectivity index (χ1n) is 10.8. The van der Waals surface area contributed by atoms with Crippen molar-refractivity contribution in [2.24, 2.45) is 0 Å². The molecule has 0 aromatic heterocycles. The average molecular weight is 427 g/mol. The number of halogens is 1. The van der Waals surface area contributed by atoms with Crippen molar-refractivity contribution in [2.45, 2.75) is 44.8 Å². The fourth-order valence-electron chi connectivity index (χ4n) is 4.41. The fraction of sp³-hybridized carbons (Fsp3) is 0.417. The Morgan fingerprint density at radius 2 is 1.87 bits per heavy atom. The Morgan fingerprint density at radius 3 is 2.57 bits per heavy atom. The highest BCUT2D eigenvalue weighted by atomic mass is 35.5. The quantitative estimate of drug-likeness (QED) is 0.745. The summed E-state index contributed by atoms with van der Waals surface area (Å²) in [5.74, 6) is 0.188. The van der Waals surface area contributed by atoms with Crippen molar-refractivity contribution in [1.82, 2.24) is 10.2 Å². The van der Waals surface area contributed by atoms with Gasteiger partial charge in [0.05, 0.1) is 13.1 Å². The Labute approximate surface area is 183 Å². The molecule has 30 heavy (non-hydrogen) atoms. The van der Waals surface area contributed by atoms with Gasteiger partial charge in [-0.15, -0.1) is 0 Å². The molecule has 0 unspecified atom stereocenters. The number of hydrogen-bond donors (Lipinski definition) is 2. The SMILES string of the molecule is O=C(NC1CC[NH+](Cc2ccc(Cl)cc2)CC1)c1cccc(CN2CCCC2=O)c1. The highest BCUT2D eigenvalue weighted by molar-refractivity contribution is 6.30. The minimum absolute atomic E-state index is 0.0178. The first-order chi connectivity index (χ1) is 14.6. The van der Waals surface area contributed by atoms with E-state index in [1.54, 1.807) is 4.90 Å². The molecule has 0 aliphatic carbocycles. The van der Waals surface area contributed by atoms with Gasteiger partial charge in [-0.3, -0.25) is 9.59 Å². The van der Waals surface area contributed by atoms with E-state index in [9.17, 15) is 9.59 Å². The van der Waals surface area contributed by atoms with E-state index in [0.717, 1.165) is 56.0 Å². The minimum Gasteiger partial charge on any atom is -0.349 e. The van der Waals surface area contributed by atoms with E-state index in [1.807, 2.05) is 41.3 Å². The van der Waals surface area contributed by atoms with Crippen LogP contribution < -0.4 is 10.2 Å². The van der Waals surface area contributed by atoms with Gasteiger partial charge in [0.25, 0.3) is 5.91 Å². The number of amides is 2. The van der Waals surface area contributed by atoms with E-state index in [4.69, 9.17) is 11.6 Å². The number of carbonyl (C=O) groups excluding carboxylic acids is 2. The summed E-state index contributed by atoms with van der Waals surface area (Å²) in [7, 11) is 0. The molecule has 2 aromatic rings. The third-order valence-electron chi connectivity index (χ3n) is 6.13. The van der Waals surface area contributed by atoms with Crippen LogP contribution in [0.4, 0.5) is 0 Å². The minimum atomic E-state index is -0.0178. The van der Waals surface area contributed by atoms with Gasteiger partial charge in [-0.2, -0.15) is 0 Å². The molecule has 5 nitrogen and oxygen atoms in total. The van der Waals surface area contributed by atoms with Crippen molar-refractivity contribution in [3.8, 4) is 0 Å². The van der Waals surface area contributed by atoms with E-state index < -0.39 is 0 Å². The number of piperidine rings is 1. The molecule has 0 bridgehead atoms. The standard InChI is InChI=1S/C24H28ClN3O2/c25-21-8-6-18(7-9-21)16-27-13-10-22(11-14-27)26-24(30)20-4-1-3-19(15-20)17-28-12-2-5-23(28)29/h1,3-4,6-9,15,22H,2,5,10-14,16-17H2,(H,26,30)/p+1. The zero-order valence-electron chi connectivity index (χ0n) is 17.2. The summed E-state index contributed by atoms with van der Waals surface area (Å²) in [6, 6.07) is 15.9. The van der Waals surface area contributed by atoms with Crippen LogP contribution in [-0.4, -0.2) is 42.4 Å². The van der Waals surface area contributed by atoms with Crippen molar-refractivity contribution < 1.29 is 14.5 Å². The van der Waals surface area contributed by atoms with Crippen molar-refractivity contribution in [1.29, 1.82) is 0 Å². The van der Waals surface area contributed by atoms with Crippen molar-refractivity contribution in [2.75, 3.05) is 19.6 Å². The highest BCUT2D eigenvalue weighted by Gasteiger charge is 2.24. The summed E-state index contributed by atoms with van der Waals surface area (Å²) in [4.78, 5) is 28.0. The number of rotatable bonds is 6. The molecule has 2 heterocycles. The second kappa shape index (κ2) is 9.63. The molecule has 2 aromatic carbocycles. The van der Waals surface area contributed by atoms with E-state index >= 15 is 0 Å². The van der Waals surface area contributed by atoms with Crippen LogP contribution in [0.3, 0.4) is 0 Å². The summed E-state index contributed by atoms with van der Waals surface area (Å²) >= 11 is 5.97. The molecule has 2 fully saturated rings. The monoisotopic (exact) mass is 426 g/mol. The molecular formula is C24H29ClN3O2+. The molecular weight excluding hydrogens is 398 g/mol. The highest BCUT2D eigenvalue weighted by Crippen LogP contribution is 2.15. The lowest BCUT2D eigenvalue weighted by atomic mass is 10.0. The maximum atomic E-state index is 12.8. The third-order valence-corrected chi connectivity index (χ3v) is 6.38. The van der Waals surface area contributed by atoms with E-state index in [2.05, 4.69) is 17.4 Å². The van der Waals surface area contributed by atoms with Gasteiger partial charge in [0.2, 0.25) is 5.91 Å². The molecule has 2 amide bonds. The number of quaternary nitrogens is 1. The predicted octanol–water partition coefficient (Wildman–Crippen LogP) is 2.44. The van der Waals surface area contributed by atoms with Crippen molar-refractivity contribution >= 4 is 23.4 Å². The Bertz CT molecular complexity index is 892. The van der Waals surface area contributed by atoms with Crippen LogP contribution in [0, 0.1) is 0 Å². The van der Waals surface area contributed by atoms with Crippen LogP contribution in [0.25, 0.3) is 0 Å². The van der Waals surface area contributed by atoms with Gasteiger partial charge in [-0.1, -0.05) is 35.9 Å². The topological polar surface area (TPSA) is 53.9 Å². The summed E-state index contributed by atoms with van der Waals surface area (Å²) in [5, 5.41) is 3.98. The Balaban J connectivity index is 1.27. The second-order valence-corrected chi connectivity index (χ2v) is 8.86. The lowest BCUT2D eigenvalue weighted by molar-refractivity contribution is -0.918. The molecule has 0 spiro atoms. The maximum absolute atomic E-state index is 12.8. The van der Waals surface area contributed by atoms with Gasteiger partial charge in [-0.05, 0) is 36.2 Å². The van der Waals surface area contributed by atoms with E-state index in [0.29, 0.717) is 18.5 Å². The molecule has 2 N–H and O–H groups in total. The summed E-state index contributed by atoms with van der Waals surface area (Å²) in [6.07, 6.45) is 3.53. The number of nitrogens with zero attached hydrogens (tertiary/aromatic N) is 1. The Kier molecular flexibility index (Phi) is 6.70. The molecule has 2 aliphatic heterocycles. The smallest absolute Gasteiger partial charge is 0.251 e. The molecule has 6 heteroatoms. The molecule has 0 saturated carbocycles. The van der Waals surface area contributed by atoms with E-state index in [1.165, 1.54) is 5.56 Å². The van der Waals surface area contributed by atoms with E-state index in [-0.39, 0.29) is 17.9 Å². The van der Waals surface area contributed by atoms with Crippen molar-refractivity contribution in [3.63, 3.8) is 0 Å².